The molecule has 0 bridgehead atoms. The van der Waals surface area contributed by atoms with Gasteiger partial charge in [0.2, 0.25) is 5.91 Å². The summed E-state index contributed by atoms with van der Waals surface area (Å²) in [6.45, 7) is 4.77. The molecule has 0 radical (unpaired) electrons. The van der Waals surface area contributed by atoms with Crippen molar-refractivity contribution in [1.82, 2.24) is 16.0 Å². The Hall–Kier alpha value is -2.77. The number of nitrogens with one attached hydrogen (secondary N) is 3. The number of amides is 4. The molecule has 1 aromatic rings. The predicted molar refractivity (Wildman–Crippen MR) is 92.9 cm³/mol. The average Bonchev–Trinajstić information content (AvgIpc) is 3.10. The third kappa shape index (κ3) is 4.07. The van der Waals surface area contributed by atoms with Gasteiger partial charge >= 0.3 is 6.03 Å². The van der Waals surface area contributed by atoms with Crippen LogP contribution in [0.25, 0.3) is 0 Å². The first kappa shape index (κ1) is 18.0. The molecule has 0 saturated carbocycles. The second kappa shape index (κ2) is 7.63. The van der Waals surface area contributed by atoms with E-state index >= 15 is 0 Å². The second-order valence-electron chi connectivity index (χ2n) is 6.46. The molecule has 2 heterocycles. The van der Waals surface area contributed by atoms with Crippen molar-refractivity contribution in [3.8, 4) is 11.5 Å². The minimum Gasteiger partial charge on any atom is -0.494 e. The van der Waals surface area contributed by atoms with E-state index in [1.165, 1.54) is 0 Å². The lowest BCUT2D eigenvalue weighted by atomic mass is 10.1. The van der Waals surface area contributed by atoms with E-state index in [2.05, 4.69) is 16.0 Å². The first-order chi connectivity index (χ1) is 12.5. The smallest absolute Gasteiger partial charge is 0.322 e. The SMILES string of the molecule is CCOc1cc2c(cc1CNC(=O)CCC1NC(=O)NC1=O)OC(C)C2. The molecule has 140 valence electrons. The topological polar surface area (TPSA) is 106 Å². The van der Waals surface area contributed by atoms with Crippen LogP contribution < -0.4 is 25.4 Å². The zero-order chi connectivity index (χ0) is 18.7. The molecule has 3 rings (SSSR count). The second-order valence-corrected chi connectivity index (χ2v) is 6.46. The molecule has 2 aliphatic rings. The fraction of sp³-hybridized carbons (Fsp3) is 0.500. The number of benzene rings is 1. The Morgan fingerprint density at radius 2 is 2.19 bits per heavy atom. The first-order valence-corrected chi connectivity index (χ1v) is 8.79. The highest BCUT2D eigenvalue weighted by Crippen LogP contribution is 2.35. The fourth-order valence-corrected chi connectivity index (χ4v) is 3.13. The van der Waals surface area contributed by atoms with Crippen LogP contribution in [0.2, 0.25) is 0 Å². The van der Waals surface area contributed by atoms with Gasteiger partial charge in [0.05, 0.1) is 6.61 Å². The minimum absolute atomic E-state index is 0.136. The van der Waals surface area contributed by atoms with Crippen molar-refractivity contribution in [2.75, 3.05) is 6.61 Å². The Labute approximate surface area is 151 Å². The van der Waals surface area contributed by atoms with Crippen molar-refractivity contribution in [2.45, 2.75) is 51.8 Å². The summed E-state index contributed by atoms with van der Waals surface area (Å²) in [5.41, 5.74) is 1.96. The Balaban J connectivity index is 1.57. The Morgan fingerprint density at radius 1 is 1.38 bits per heavy atom. The summed E-state index contributed by atoms with van der Waals surface area (Å²) in [5, 5.41) is 7.45. The zero-order valence-electron chi connectivity index (χ0n) is 14.9. The van der Waals surface area contributed by atoms with Gasteiger partial charge in [0.15, 0.2) is 0 Å². The van der Waals surface area contributed by atoms with Crippen molar-refractivity contribution in [3.05, 3.63) is 23.3 Å². The number of hydrogen-bond donors (Lipinski definition) is 3. The van der Waals surface area contributed by atoms with Crippen molar-refractivity contribution in [1.29, 1.82) is 0 Å². The molecule has 2 unspecified atom stereocenters. The largest absolute Gasteiger partial charge is 0.494 e. The van der Waals surface area contributed by atoms with Gasteiger partial charge in [0, 0.05) is 30.5 Å². The van der Waals surface area contributed by atoms with Crippen LogP contribution in [0.5, 0.6) is 11.5 Å². The number of hydrogen-bond acceptors (Lipinski definition) is 5. The van der Waals surface area contributed by atoms with Crippen LogP contribution in [0.15, 0.2) is 12.1 Å². The third-order valence-electron chi connectivity index (χ3n) is 4.37. The van der Waals surface area contributed by atoms with Gasteiger partial charge in [-0.05, 0) is 32.4 Å². The minimum atomic E-state index is -0.651. The Morgan fingerprint density at radius 3 is 2.88 bits per heavy atom. The molecule has 2 atom stereocenters. The molecule has 1 aromatic carbocycles. The highest BCUT2D eigenvalue weighted by Gasteiger charge is 2.29. The van der Waals surface area contributed by atoms with E-state index in [-0.39, 0.29) is 24.9 Å². The molecule has 3 N–H and O–H groups in total. The van der Waals surface area contributed by atoms with Crippen molar-refractivity contribution >= 4 is 17.8 Å². The first-order valence-electron chi connectivity index (χ1n) is 8.79. The molecular weight excluding hydrogens is 338 g/mol. The summed E-state index contributed by atoms with van der Waals surface area (Å²) in [5.74, 6) is 0.977. The number of rotatable bonds is 7. The summed E-state index contributed by atoms with van der Waals surface area (Å²) in [6.07, 6.45) is 1.38. The van der Waals surface area contributed by atoms with E-state index in [0.29, 0.717) is 13.2 Å². The quantitative estimate of drug-likeness (QED) is 0.629. The lowest BCUT2D eigenvalue weighted by Gasteiger charge is -2.14. The average molecular weight is 361 g/mol. The van der Waals surface area contributed by atoms with Crippen LogP contribution in [-0.2, 0) is 22.6 Å². The standard InChI is InChI=1S/C18H23N3O5/c1-3-25-14-7-11-6-10(2)26-15(11)8-12(14)9-19-16(22)5-4-13-17(23)21-18(24)20-13/h7-8,10,13H,3-6,9H2,1-2H3,(H,19,22)(H2,20,21,23,24). The third-order valence-corrected chi connectivity index (χ3v) is 4.37. The van der Waals surface area contributed by atoms with Gasteiger partial charge in [-0.25, -0.2) is 4.79 Å². The summed E-state index contributed by atoms with van der Waals surface area (Å²) < 4.78 is 11.5. The number of ether oxygens (including phenoxy) is 2. The number of imide groups is 1. The van der Waals surface area contributed by atoms with Gasteiger partial charge in [-0.3, -0.25) is 14.9 Å². The van der Waals surface area contributed by atoms with E-state index in [4.69, 9.17) is 9.47 Å². The molecule has 8 nitrogen and oxygen atoms in total. The zero-order valence-corrected chi connectivity index (χ0v) is 14.9. The van der Waals surface area contributed by atoms with Gasteiger partial charge < -0.3 is 20.1 Å². The van der Waals surface area contributed by atoms with E-state index in [0.717, 1.165) is 29.0 Å². The molecule has 2 aliphatic heterocycles. The van der Waals surface area contributed by atoms with Gasteiger partial charge in [0.1, 0.15) is 23.6 Å². The predicted octanol–water partition coefficient (Wildman–Crippen LogP) is 1.01. The molecule has 0 aromatic heterocycles. The Kier molecular flexibility index (Phi) is 5.29. The van der Waals surface area contributed by atoms with Crippen molar-refractivity contribution in [2.24, 2.45) is 0 Å². The van der Waals surface area contributed by atoms with Crippen LogP contribution in [0.4, 0.5) is 4.79 Å². The molecule has 26 heavy (non-hydrogen) atoms. The normalized spacial score (nSPS) is 20.8. The van der Waals surface area contributed by atoms with Crippen LogP contribution in [-0.4, -0.2) is 36.6 Å². The van der Waals surface area contributed by atoms with Gasteiger partial charge in [-0.1, -0.05) is 0 Å². The maximum absolute atomic E-state index is 12.1. The monoisotopic (exact) mass is 361 g/mol. The Bertz CT molecular complexity index is 734. The number of carbonyl (C=O) groups is 3. The molecule has 0 aliphatic carbocycles. The van der Waals surface area contributed by atoms with Gasteiger partial charge in [0.25, 0.3) is 5.91 Å². The maximum atomic E-state index is 12.1. The molecular formula is C18H23N3O5. The lowest BCUT2D eigenvalue weighted by molar-refractivity contribution is -0.122. The molecule has 8 heteroatoms. The molecule has 1 saturated heterocycles. The number of fused-ring (bicyclic) bond motifs is 1. The highest BCUT2D eigenvalue weighted by atomic mass is 16.5. The summed E-state index contributed by atoms with van der Waals surface area (Å²) >= 11 is 0. The maximum Gasteiger partial charge on any atom is 0.322 e. The van der Waals surface area contributed by atoms with E-state index in [1.54, 1.807) is 0 Å². The molecule has 1 fully saturated rings. The number of carbonyl (C=O) groups excluding carboxylic acids is 3. The van der Waals surface area contributed by atoms with E-state index in [9.17, 15) is 14.4 Å². The van der Waals surface area contributed by atoms with Crippen molar-refractivity contribution < 1.29 is 23.9 Å². The molecule has 4 amide bonds. The fourth-order valence-electron chi connectivity index (χ4n) is 3.13. The van der Waals surface area contributed by atoms with Crippen LogP contribution in [0.1, 0.15) is 37.8 Å². The van der Waals surface area contributed by atoms with E-state index < -0.39 is 18.0 Å². The van der Waals surface area contributed by atoms with Gasteiger partial charge in [-0.15, -0.1) is 0 Å². The lowest BCUT2D eigenvalue weighted by Crippen LogP contribution is -2.31. The number of urea groups is 1. The molecule has 0 spiro atoms. The van der Waals surface area contributed by atoms with Crippen LogP contribution in [0, 0.1) is 0 Å². The summed E-state index contributed by atoms with van der Waals surface area (Å²) in [4.78, 5) is 34.6. The van der Waals surface area contributed by atoms with E-state index in [1.807, 2.05) is 26.0 Å². The highest BCUT2D eigenvalue weighted by molar-refractivity contribution is 6.04. The van der Waals surface area contributed by atoms with Crippen LogP contribution in [0.3, 0.4) is 0 Å². The summed E-state index contributed by atoms with van der Waals surface area (Å²) in [7, 11) is 0. The van der Waals surface area contributed by atoms with Gasteiger partial charge in [-0.2, -0.15) is 0 Å². The van der Waals surface area contributed by atoms with Crippen LogP contribution >= 0.6 is 0 Å². The van der Waals surface area contributed by atoms with Crippen molar-refractivity contribution in [3.63, 3.8) is 0 Å². The summed E-state index contributed by atoms with van der Waals surface area (Å²) in [6, 6.07) is 2.72.